The van der Waals surface area contributed by atoms with Gasteiger partial charge in [-0.1, -0.05) is 6.07 Å². The molecule has 0 radical (unpaired) electrons. The quantitative estimate of drug-likeness (QED) is 0.812. The average Bonchev–Trinajstić information content (AvgIpc) is 2.67. The zero-order valence-electron chi connectivity index (χ0n) is 8.44. The Balaban J connectivity index is 2.06. The smallest absolute Gasteiger partial charge is 0.123 e. The molecule has 2 nitrogen and oxygen atoms in total. The van der Waals surface area contributed by atoms with Gasteiger partial charge in [-0.25, -0.2) is 4.98 Å². The summed E-state index contributed by atoms with van der Waals surface area (Å²) in [7, 11) is 0. The zero-order valence-corrected chi connectivity index (χ0v) is 9.26. The van der Waals surface area contributed by atoms with E-state index in [9.17, 15) is 0 Å². The molecule has 2 N–H and O–H groups in total. The standard InChI is InChI=1S/C11H16N2S/c1-14-10-4-2-8(6-10)9-3-5-11(12)13-7-9/h3,5,7-8,10H,2,4,6H2,1H3,(H2,12,13). The van der Waals surface area contributed by atoms with E-state index in [1.807, 2.05) is 24.0 Å². The first-order valence-electron chi connectivity index (χ1n) is 5.04. The van der Waals surface area contributed by atoms with Gasteiger partial charge in [0.15, 0.2) is 0 Å². The summed E-state index contributed by atoms with van der Waals surface area (Å²) in [5.74, 6) is 1.33. The third kappa shape index (κ3) is 2.03. The van der Waals surface area contributed by atoms with Crippen LogP contribution in [0.15, 0.2) is 18.3 Å². The van der Waals surface area contributed by atoms with Gasteiger partial charge in [-0.05, 0) is 43.1 Å². The van der Waals surface area contributed by atoms with Crippen LogP contribution in [-0.4, -0.2) is 16.5 Å². The molecule has 0 saturated heterocycles. The molecule has 1 aliphatic carbocycles. The molecule has 0 aromatic carbocycles. The lowest BCUT2D eigenvalue weighted by Gasteiger charge is -2.09. The molecule has 1 aromatic rings. The number of nitrogens with two attached hydrogens (primary N) is 1. The summed E-state index contributed by atoms with van der Waals surface area (Å²) in [4.78, 5) is 4.15. The van der Waals surface area contributed by atoms with Crippen molar-refractivity contribution in [2.45, 2.75) is 30.4 Å². The van der Waals surface area contributed by atoms with Crippen molar-refractivity contribution in [3.05, 3.63) is 23.9 Å². The number of nitrogen functional groups attached to an aromatic ring is 1. The minimum Gasteiger partial charge on any atom is -0.384 e. The highest BCUT2D eigenvalue weighted by Gasteiger charge is 2.25. The maximum absolute atomic E-state index is 5.56. The van der Waals surface area contributed by atoms with Gasteiger partial charge in [0.05, 0.1) is 0 Å². The van der Waals surface area contributed by atoms with E-state index in [0.717, 1.165) is 5.25 Å². The highest BCUT2D eigenvalue weighted by molar-refractivity contribution is 7.99. The van der Waals surface area contributed by atoms with Crippen LogP contribution in [0.4, 0.5) is 5.82 Å². The number of pyridine rings is 1. The van der Waals surface area contributed by atoms with E-state index in [-0.39, 0.29) is 0 Å². The van der Waals surface area contributed by atoms with Crippen LogP contribution in [0.1, 0.15) is 30.7 Å². The maximum atomic E-state index is 5.56. The summed E-state index contributed by atoms with van der Waals surface area (Å²) in [5, 5.41) is 0.845. The zero-order chi connectivity index (χ0) is 9.97. The van der Waals surface area contributed by atoms with E-state index in [2.05, 4.69) is 17.3 Å². The van der Waals surface area contributed by atoms with Crippen molar-refractivity contribution in [3.63, 3.8) is 0 Å². The predicted molar refractivity (Wildman–Crippen MR) is 62.5 cm³/mol. The number of hydrogen-bond acceptors (Lipinski definition) is 3. The van der Waals surface area contributed by atoms with Gasteiger partial charge >= 0.3 is 0 Å². The Kier molecular flexibility index (Phi) is 2.96. The Morgan fingerprint density at radius 2 is 2.29 bits per heavy atom. The SMILES string of the molecule is CSC1CCC(c2ccc(N)nc2)C1. The molecule has 1 heterocycles. The van der Waals surface area contributed by atoms with Crippen LogP contribution < -0.4 is 5.73 Å². The minimum absolute atomic E-state index is 0.619. The van der Waals surface area contributed by atoms with Crippen molar-refractivity contribution in [3.8, 4) is 0 Å². The van der Waals surface area contributed by atoms with E-state index < -0.39 is 0 Å². The van der Waals surface area contributed by atoms with Gasteiger partial charge in [0.2, 0.25) is 0 Å². The van der Waals surface area contributed by atoms with E-state index in [1.54, 1.807) is 0 Å². The van der Waals surface area contributed by atoms with Crippen LogP contribution in [0.5, 0.6) is 0 Å². The third-order valence-corrected chi connectivity index (χ3v) is 4.09. The van der Waals surface area contributed by atoms with Crippen molar-refractivity contribution >= 4 is 17.6 Å². The molecular formula is C11H16N2S. The van der Waals surface area contributed by atoms with Crippen molar-refractivity contribution < 1.29 is 0 Å². The molecule has 2 rings (SSSR count). The second-order valence-electron chi connectivity index (χ2n) is 3.88. The lowest BCUT2D eigenvalue weighted by Crippen LogP contribution is -1.98. The number of hydrogen-bond donors (Lipinski definition) is 1. The number of thioether (sulfide) groups is 1. The summed E-state index contributed by atoms with van der Waals surface area (Å²) in [5.41, 5.74) is 6.92. The van der Waals surface area contributed by atoms with Crippen molar-refractivity contribution in [1.29, 1.82) is 0 Å². The maximum Gasteiger partial charge on any atom is 0.123 e. The number of anilines is 1. The Labute approximate surface area is 89.3 Å². The van der Waals surface area contributed by atoms with Crippen LogP contribution >= 0.6 is 11.8 Å². The summed E-state index contributed by atoms with van der Waals surface area (Å²) in [6.07, 6.45) is 8.08. The van der Waals surface area contributed by atoms with Crippen molar-refractivity contribution in [2.75, 3.05) is 12.0 Å². The first kappa shape index (κ1) is 9.84. The second-order valence-corrected chi connectivity index (χ2v) is 5.02. The van der Waals surface area contributed by atoms with Crippen LogP contribution in [0.2, 0.25) is 0 Å². The van der Waals surface area contributed by atoms with Crippen LogP contribution in [0.25, 0.3) is 0 Å². The largest absolute Gasteiger partial charge is 0.384 e. The third-order valence-electron chi connectivity index (χ3n) is 3.00. The van der Waals surface area contributed by atoms with E-state index in [1.165, 1.54) is 24.8 Å². The molecule has 2 unspecified atom stereocenters. The predicted octanol–water partition coefficient (Wildman–Crippen LogP) is 2.66. The lowest BCUT2D eigenvalue weighted by molar-refractivity contribution is 0.721. The van der Waals surface area contributed by atoms with Crippen molar-refractivity contribution in [1.82, 2.24) is 4.98 Å². The molecule has 0 amide bonds. The first-order chi connectivity index (χ1) is 6.79. The molecule has 2 atom stereocenters. The van der Waals surface area contributed by atoms with Crippen LogP contribution in [-0.2, 0) is 0 Å². The fraction of sp³-hybridized carbons (Fsp3) is 0.545. The van der Waals surface area contributed by atoms with E-state index in [0.29, 0.717) is 11.7 Å². The minimum atomic E-state index is 0.619. The molecule has 76 valence electrons. The molecule has 1 aromatic heterocycles. The topological polar surface area (TPSA) is 38.9 Å². The number of aromatic nitrogens is 1. The summed E-state index contributed by atoms with van der Waals surface area (Å²) in [6, 6.07) is 4.03. The van der Waals surface area contributed by atoms with E-state index in [4.69, 9.17) is 5.73 Å². The Morgan fingerprint density at radius 1 is 1.43 bits per heavy atom. The Morgan fingerprint density at radius 3 is 2.86 bits per heavy atom. The van der Waals surface area contributed by atoms with Gasteiger partial charge in [0.25, 0.3) is 0 Å². The van der Waals surface area contributed by atoms with E-state index >= 15 is 0 Å². The summed E-state index contributed by atoms with van der Waals surface area (Å²) >= 11 is 1.99. The van der Waals surface area contributed by atoms with Gasteiger partial charge in [0.1, 0.15) is 5.82 Å². The highest BCUT2D eigenvalue weighted by atomic mass is 32.2. The molecule has 14 heavy (non-hydrogen) atoms. The molecule has 1 aliphatic rings. The average molecular weight is 208 g/mol. The highest BCUT2D eigenvalue weighted by Crippen LogP contribution is 2.38. The molecule has 1 saturated carbocycles. The summed E-state index contributed by atoms with van der Waals surface area (Å²) < 4.78 is 0. The second kappa shape index (κ2) is 4.22. The molecule has 1 fully saturated rings. The van der Waals surface area contributed by atoms with Crippen LogP contribution in [0, 0.1) is 0 Å². The fourth-order valence-electron chi connectivity index (χ4n) is 2.12. The van der Waals surface area contributed by atoms with Gasteiger partial charge < -0.3 is 5.73 Å². The van der Waals surface area contributed by atoms with Crippen molar-refractivity contribution in [2.24, 2.45) is 0 Å². The molecule has 3 heteroatoms. The fourth-order valence-corrected chi connectivity index (χ4v) is 2.91. The first-order valence-corrected chi connectivity index (χ1v) is 6.32. The monoisotopic (exact) mass is 208 g/mol. The number of rotatable bonds is 2. The molecular weight excluding hydrogens is 192 g/mol. The van der Waals surface area contributed by atoms with Crippen LogP contribution in [0.3, 0.4) is 0 Å². The Hall–Kier alpha value is -0.700. The summed E-state index contributed by atoms with van der Waals surface area (Å²) in [6.45, 7) is 0. The van der Waals surface area contributed by atoms with Gasteiger partial charge in [-0.15, -0.1) is 0 Å². The normalized spacial score (nSPS) is 26.6. The molecule has 0 bridgehead atoms. The Bertz CT molecular complexity index is 297. The lowest BCUT2D eigenvalue weighted by atomic mass is 10.00. The number of nitrogens with zero attached hydrogens (tertiary/aromatic N) is 1. The molecule has 0 spiro atoms. The van der Waals surface area contributed by atoms with Gasteiger partial charge in [0, 0.05) is 11.4 Å². The molecule has 0 aliphatic heterocycles. The van der Waals surface area contributed by atoms with Gasteiger partial charge in [-0.3, -0.25) is 0 Å². The van der Waals surface area contributed by atoms with Gasteiger partial charge in [-0.2, -0.15) is 11.8 Å².